The van der Waals surface area contributed by atoms with Gasteiger partial charge in [0.25, 0.3) is 5.91 Å². The minimum atomic E-state index is -6.16. The van der Waals surface area contributed by atoms with Gasteiger partial charge in [0.1, 0.15) is 5.82 Å². The fraction of sp³-hybridized carbons (Fsp3) is 0.217. The number of benzene rings is 1. The number of amides is 1. The molecule has 3 heterocycles. The number of nitrogens with one attached hydrogen (secondary N) is 1. The lowest BCUT2D eigenvalue weighted by Crippen LogP contribution is -2.30. The Morgan fingerprint density at radius 2 is 1.75 bits per heavy atom. The molecule has 1 aromatic carbocycles. The van der Waals surface area contributed by atoms with E-state index >= 15 is 0 Å². The van der Waals surface area contributed by atoms with E-state index in [2.05, 4.69) is 24.6 Å². The van der Waals surface area contributed by atoms with Crippen molar-refractivity contribution in [2.45, 2.75) is 29.9 Å². The normalized spacial score (nSPS) is 13.2. The van der Waals surface area contributed by atoms with Gasteiger partial charge in [-0.15, -0.1) is 0 Å². The standard InChI is InChI=1S/C23H19F4N5O6S2/c1-3-18(13-8-20(31-21(9-13)39(2,34)35)38-40(36,37)23(25,26)27)30-22(33)17-10-28-12-19-16(17)11-29-32(19)15-6-4-14(24)5-7-15/h4-12,18H,3H2,1-2H3,(H,30,33). The second-order valence-corrected chi connectivity index (χ2v) is 11.9. The molecule has 0 aliphatic carbocycles. The summed E-state index contributed by atoms with van der Waals surface area (Å²) in [6.45, 7) is 1.59. The number of pyridine rings is 2. The third-order valence-corrected chi connectivity index (χ3v) is 7.51. The van der Waals surface area contributed by atoms with Crippen LogP contribution in [-0.2, 0) is 20.0 Å². The van der Waals surface area contributed by atoms with Crippen molar-refractivity contribution < 1.29 is 43.4 Å². The van der Waals surface area contributed by atoms with Crippen LogP contribution in [0, 0.1) is 5.82 Å². The first-order chi connectivity index (χ1) is 18.6. The van der Waals surface area contributed by atoms with Gasteiger partial charge in [-0.3, -0.25) is 9.78 Å². The van der Waals surface area contributed by atoms with E-state index in [1.807, 2.05) is 0 Å². The summed E-state index contributed by atoms with van der Waals surface area (Å²) in [5.41, 5.74) is -4.92. The highest BCUT2D eigenvalue weighted by atomic mass is 32.2. The molecule has 1 amide bonds. The van der Waals surface area contributed by atoms with Gasteiger partial charge >= 0.3 is 15.6 Å². The van der Waals surface area contributed by atoms with E-state index in [9.17, 15) is 39.2 Å². The molecule has 0 spiro atoms. The lowest BCUT2D eigenvalue weighted by Gasteiger charge is -2.19. The minimum Gasteiger partial charge on any atom is -0.355 e. The maximum Gasteiger partial charge on any atom is 0.534 e. The Labute approximate surface area is 224 Å². The van der Waals surface area contributed by atoms with E-state index in [4.69, 9.17) is 0 Å². The number of hydrogen-bond donors (Lipinski definition) is 1. The van der Waals surface area contributed by atoms with Crippen molar-refractivity contribution in [1.29, 1.82) is 0 Å². The van der Waals surface area contributed by atoms with E-state index in [1.54, 1.807) is 6.92 Å². The molecule has 40 heavy (non-hydrogen) atoms. The molecule has 1 atom stereocenters. The number of fused-ring (bicyclic) bond motifs is 1. The largest absolute Gasteiger partial charge is 0.534 e. The molecule has 1 unspecified atom stereocenters. The summed E-state index contributed by atoms with van der Waals surface area (Å²) in [6.07, 6.45) is 4.89. The molecule has 0 aliphatic rings. The molecule has 4 rings (SSSR count). The van der Waals surface area contributed by atoms with Crippen LogP contribution in [0.4, 0.5) is 17.6 Å². The lowest BCUT2D eigenvalue weighted by molar-refractivity contribution is -0.0501. The predicted octanol–water partition coefficient (Wildman–Crippen LogP) is 3.47. The Kier molecular flexibility index (Phi) is 7.55. The molecule has 11 nitrogen and oxygen atoms in total. The van der Waals surface area contributed by atoms with E-state index in [-0.39, 0.29) is 17.5 Å². The van der Waals surface area contributed by atoms with Crippen molar-refractivity contribution >= 4 is 36.8 Å². The number of alkyl halides is 3. The monoisotopic (exact) mass is 601 g/mol. The number of nitrogens with zero attached hydrogens (tertiary/aromatic N) is 4. The molecule has 0 aliphatic heterocycles. The number of halogens is 4. The molecule has 1 N–H and O–H groups in total. The van der Waals surface area contributed by atoms with E-state index in [0.29, 0.717) is 22.8 Å². The van der Waals surface area contributed by atoms with E-state index in [1.165, 1.54) is 47.5 Å². The van der Waals surface area contributed by atoms with Gasteiger partial charge in [0.15, 0.2) is 14.9 Å². The maximum atomic E-state index is 13.3. The summed E-state index contributed by atoms with van der Waals surface area (Å²) in [5.74, 6) is -2.30. The van der Waals surface area contributed by atoms with Gasteiger partial charge in [-0.05, 0) is 42.3 Å². The number of carbonyl (C=O) groups is 1. The lowest BCUT2D eigenvalue weighted by atomic mass is 10.0. The SMILES string of the molecule is CCC(NC(=O)c1cncc2c1cnn2-c1ccc(F)cc1)c1cc(OS(=O)(=O)C(F)(F)F)nc(S(C)(=O)=O)c1. The van der Waals surface area contributed by atoms with Gasteiger partial charge < -0.3 is 9.50 Å². The van der Waals surface area contributed by atoms with Crippen LogP contribution in [0.3, 0.4) is 0 Å². The summed E-state index contributed by atoms with van der Waals surface area (Å²) in [4.78, 5) is 20.7. The Morgan fingerprint density at radius 3 is 2.35 bits per heavy atom. The zero-order valence-corrected chi connectivity index (χ0v) is 22.2. The maximum absolute atomic E-state index is 13.3. The molecular formula is C23H19F4N5O6S2. The van der Waals surface area contributed by atoms with Crippen molar-refractivity contribution in [3.05, 3.63) is 71.9 Å². The van der Waals surface area contributed by atoms with Gasteiger partial charge in [-0.2, -0.15) is 26.7 Å². The van der Waals surface area contributed by atoms with Crippen LogP contribution in [0.25, 0.3) is 16.6 Å². The smallest absolute Gasteiger partial charge is 0.355 e. The van der Waals surface area contributed by atoms with Crippen LogP contribution in [-0.4, -0.2) is 54.3 Å². The second-order valence-electron chi connectivity index (χ2n) is 8.42. The number of carbonyl (C=O) groups excluding carboxylic acids is 1. The Morgan fingerprint density at radius 1 is 1.07 bits per heavy atom. The summed E-state index contributed by atoms with van der Waals surface area (Å²) >= 11 is 0. The molecule has 0 fully saturated rings. The highest BCUT2D eigenvalue weighted by molar-refractivity contribution is 7.90. The van der Waals surface area contributed by atoms with Gasteiger partial charge in [0.2, 0.25) is 5.88 Å². The Hall–Kier alpha value is -4.12. The highest BCUT2D eigenvalue weighted by Crippen LogP contribution is 2.30. The third-order valence-electron chi connectivity index (χ3n) is 5.59. The van der Waals surface area contributed by atoms with Gasteiger partial charge in [0, 0.05) is 23.9 Å². The number of rotatable bonds is 8. The average Bonchev–Trinajstić information content (AvgIpc) is 3.30. The van der Waals surface area contributed by atoms with Crippen molar-refractivity contribution in [3.8, 4) is 11.6 Å². The summed E-state index contributed by atoms with van der Waals surface area (Å²) < 4.78 is 105. The molecule has 0 bridgehead atoms. The van der Waals surface area contributed by atoms with Crippen molar-refractivity contribution in [1.82, 2.24) is 25.1 Å². The van der Waals surface area contributed by atoms with Crippen molar-refractivity contribution in [2.24, 2.45) is 0 Å². The minimum absolute atomic E-state index is 0.0535. The topological polar surface area (TPSA) is 150 Å². The van der Waals surface area contributed by atoms with Gasteiger partial charge in [-0.25, -0.2) is 22.5 Å². The second kappa shape index (κ2) is 10.5. The van der Waals surface area contributed by atoms with Crippen molar-refractivity contribution in [3.63, 3.8) is 0 Å². The fourth-order valence-electron chi connectivity index (χ4n) is 3.66. The first-order valence-electron chi connectivity index (χ1n) is 11.2. The molecule has 3 aromatic heterocycles. The third kappa shape index (κ3) is 5.89. The zero-order valence-electron chi connectivity index (χ0n) is 20.5. The Bertz CT molecular complexity index is 1810. The van der Waals surface area contributed by atoms with Crippen LogP contribution < -0.4 is 9.50 Å². The fourth-order valence-corrected chi connectivity index (χ4v) is 4.67. The molecule has 0 saturated heterocycles. The highest BCUT2D eigenvalue weighted by Gasteiger charge is 2.49. The van der Waals surface area contributed by atoms with E-state index in [0.717, 1.165) is 12.1 Å². The molecule has 212 valence electrons. The summed E-state index contributed by atoms with van der Waals surface area (Å²) in [6, 6.07) is 6.17. The Balaban J connectivity index is 1.70. The molecule has 0 radical (unpaired) electrons. The number of hydrogen-bond acceptors (Lipinski definition) is 9. The van der Waals surface area contributed by atoms with Crippen LogP contribution in [0.5, 0.6) is 5.88 Å². The van der Waals surface area contributed by atoms with Gasteiger partial charge in [0.05, 0.1) is 35.2 Å². The molecule has 0 saturated carbocycles. The van der Waals surface area contributed by atoms with Crippen LogP contribution >= 0.6 is 0 Å². The zero-order chi connectivity index (χ0) is 29.5. The van der Waals surface area contributed by atoms with Crippen molar-refractivity contribution in [2.75, 3.05) is 6.26 Å². The first kappa shape index (κ1) is 28.9. The number of aromatic nitrogens is 4. The predicted molar refractivity (Wildman–Crippen MR) is 132 cm³/mol. The summed E-state index contributed by atoms with van der Waals surface area (Å²) in [7, 11) is -10.3. The first-order valence-corrected chi connectivity index (χ1v) is 14.5. The summed E-state index contributed by atoms with van der Waals surface area (Å²) in [5, 5.41) is 6.46. The van der Waals surface area contributed by atoms with Crippen LogP contribution in [0.15, 0.2) is 60.0 Å². The van der Waals surface area contributed by atoms with Crippen LogP contribution in [0.2, 0.25) is 0 Å². The molecular weight excluding hydrogens is 582 g/mol. The van der Waals surface area contributed by atoms with Gasteiger partial charge in [-0.1, -0.05) is 6.92 Å². The molecule has 4 aromatic rings. The number of sulfone groups is 1. The van der Waals surface area contributed by atoms with E-state index < -0.39 is 54.1 Å². The van der Waals surface area contributed by atoms with Crippen LogP contribution in [0.1, 0.15) is 35.3 Å². The quantitative estimate of drug-likeness (QED) is 0.182. The molecule has 17 heteroatoms. The average molecular weight is 602 g/mol.